The fraction of sp³-hybridized carbons (Fsp3) is 0.233. The van der Waals surface area contributed by atoms with E-state index in [0.29, 0.717) is 5.82 Å². The molecule has 4 amide bonds. The van der Waals surface area contributed by atoms with Crippen molar-refractivity contribution in [2.75, 3.05) is 18.0 Å². The maximum atomic E-state index is 13.0. The number of urea groups is 1. The Hall–Kier alpha value is -7.07. The maximum Gasteiger partial charge on any atom is 0.329 e. The van der Waals surface area contributed by atoms with Gasteiger partial charge in [-0.1, -0.05) is 43.9 Å². The lowest BCUT2D eigenvalue weighted by atomic mass is 9.93. The molecule has 56 heavy (non-hydrogen) atoms. The maximum absolute atomic E-state index is 13.0. The number of imidazole rings is 1. The van der Waals surface area contributed by atoms with E-state index in [1.54, 1.807) is 33.1 Å². The number of carbonyl (C=O) groups is 3. The molecule has 2 N–H and O–H groups in total. The molecule has 0 saturated carbocycles. The van der Waals surface area contributed by atoms with Crippen molar-refractivity contribution in [2.24, 2.45) is 21.1 Å². The van der Waals surface area contributed by atoms with Crippen LogP contribution in [0.2, 0.25) is 0 Å². The first-order valence-corrected chi connectivity index (χ1v) is 18.3. The molecule has 3 aromatic carbocycles. The van der Waals surface area contributed by atoms with Crippen molar-refractivity contribution in [1.29, 1.82) is 0 Å². The van der Waals surface area contributed by atoms with Crippen LogP contribution in [0.5, 0.6) is 0 Å². The van der Waals surface area contributed by atoms with Gasteiger partial charge in [0, 0.05) is 68.4 Å². The first-order chi connectivity index (χ1) is 26.9. The van der Waals surface area contributed by atoms with E-state index >= 15 is 0 Å². The topological polar surface area (TPSA) is 149 Å². The van der Waals surface area contributed by atoms with Crippen LogP contribution in [0.1, 0.15) is 53.4 Å². The summed E-state index contributed by atoms with van der Waals surface area (Å²) in [4.78, 5) is 60.8. The fourth-order valence-corrected chi connectivity index (χ4v) is 7.48. The molecular weight excluding hydrogens is 707 g/mol. The molecule has 13 heteroatoms. The number of aryl methyl sites for hydroxylation is 4. The monoisotopic (exact) mass is 745 g/mol. The van der Waals surface area contributed by atoms with Crippen LogP contribution in [0.4, 0.5) is 10.6 Å². The Morgan fingerprint density at radius 3 is 2.50 bits per heavy atom. The molecule has 0 radical (unpaired) electrons. The number of hydrogen-bond acceptors (Lipinski definition) is 7. The summed E-state index contributed by atoms with van der Waals surface area (Å²) < 4.78 is 5.12. The van der Waals surface area contributed by atoms with Crippen molar-refractivity contribution in [3.05, 3.63) is 106 Å². The van der Waals surface area contributed by atoms with Gasteiger partial charge >= 0.3 is 11.7 Å². The number of imide groups is 1. The zero-order valence-electron chi connectivity index (χ0n) is 31.9. The van der Waals surface area contributed by atoms with Crippen LogP contribution in [-0.2, 0) is 25.9 Å². The van der Waals surface area contributed by atoms with Crippen LogP contribution in [0.3, 0.4) is 0 Å². The summed E-state index contributed by atoms with van der Waals surface area (Å²) in [6, 6.07) is 19.2. The number of aromatic nitrogens is 6. The molecule has 13 nitrogen and oxygen atoms in total. The highest BCUT2D eigenvalue weighted by Gasteiger charge is 2.29. The van der Waals surface area contributed by atoms with E-state index in [1.165, 1.54) is 4.90 Å². The van der Waals surface area contributed by atoms with Crippen molar-refractivity contribution < 1.29 is 14.4 Å². The lowest BCUT2D eigenvalue weighted by molar-refractivity contribution is -0.120. The number of benzene rings is 3. The minimum atomic E-state index is -0.502. The van der Waals surface area contributed by atoms with Gasteiger partial charge in [-0.05, 0) is 82.9 Å². The third-order valence-corrected chi connectivity index (χ3v) is 10.5. The van der Waals surface area contributed by atoms with E-state index in [1.807, 2.05) is 63.6 Å². The Balaban J connectivity index is 0.983. The van der Waals surface area contributed by atoms with E-state index < -0.39 is 6.03 Å². The summed E-state index contributed by atoms with van der Waals surface area (Å²) >= 11 is 0. The number of hydrogen-bond donors (Lipinski definition) is 2. The van der Waals surface area contributed by atoms with E-state index in [2.05, 4.69) is 64.6 Å². The molecule has 1 aliphatic heterocycles. The first-order valence-electron chi connectivity index (χ1n) is 18.3. The van der Waals surface area contributed by atoms with Gasteiger partial charge in [-0.15, -0.1) is 0 Å². The number of anilines is 1. The van der Waals surface area contributed by atoms with Gasteiger partial charge in [-0.25, -0.2) is 9.59 Å². The zero-order chi connectivity index (χ0) is 39.4. The molecule has 1 fully saturated rings. The Kier molecular flexibility index (Phi) is 8.96. The van der Waals surface area contributed by atoms with Crippen LogP contribution in [0, 0.1) is 18.8 Å². The summed E-state index contributed by atoms with van der Waals surface area (Å²) in [5.41, 5.74) is 9.09. The Morgan fingerprint density at radius 2 is 1.75 bits per heavy atom. The summed E-state index contributed by atoms with van der Waals surface area (Å²) in [5.74, 6) is 6.17. The summed E-state index contributed by atoms with van der Waals surface area (Å²) in [7, 11) is 5.43. The number of amides is 4. The van der Waals surface area contributed by atoms with E-state index in [9.17, 15) is 19.2 Å². The quantitative estimate of drug-likeness (QED) is 0.208. The number of carbonyl (C=O) groups excluding carboxylic acids is 3. The smallest absolute Gasteiger partial charge is 0.329 e. The van der Waals surface area contributed by atoms with Crippen LogP contribution in [0.15, 0.2) is 77.9 Å². The largest absolute Gasteiger partial charge is 0.340 e. The number of rotatable bonds is 6. The summed E-state index contributed by atoms with van der Waals surface area (Å²) in [6.07, 6.45) is 3.70. The predicted octanol–water partition coefficient (Wildman–Crippen LogP) is 5.70. The van der Waals surface area contributed by atoms with E-state index in [0.717, 1.165) is 71.8 Å². The van der Waals surface area contributed by atoms with Crippen LogP contribution >= 0.6 is 0 Å². The van der Waals surface area contributed by atoms with Gasteiger partial charge in [0.1, 0.15) is 5.69 Å². The predicted molar refractivity (Wildman–Crippen MR) is 216 cm³/mol. The summed E-state index contributed by atoms with van der Waals surface area (Å²) in [5, 5.41) is 12.5. The van der Waals surface area contributed by atoms with Crippen LogP contribution < -0.4 is 21.2 Å². The Bertz CT molecular complexity index is 2910. The average Bonchev–Trinajstić information content (AvgIpc) is 3.64. The van der Waals surface area contributed by atoms with Crippen molar-refractivity contribution in [2.45, 2.75) is 33.1 Å². The standard InChI is InChI=1S/C43H39N9O4/c1-24(2)31-19-29(21-36-39(31)50(5)43(56)49(36)4)30-11-7-9-27-20-34(46-23-32(27)30)28-12-14-33(45-22-28)41(54)44-17-8-10-26-13-15-35-38(25(26)3)40(48-51(35)6)52-18-16-37(53)47-42(52)55/h7,9,11-15,19-24H,16-18H2,1-6H3,(H,44,54)(H,47,53,55). The molecule has 8 rings (SSSR count). The van der Waals surface area contributed by atoms with E-state index in [4.69, 9.17) is 4.98 Å². The SMILES string of the molecule is Cc1c(C#CCNC(=O)c2ccc(-c3cc4cccc(-c5cc(C(C)C)c6c(c5)n(C)c(=O)n6C)c4cn3)cn2)ccc2c1c(N1CCC(=O)NC1=O)nn2C. The van der Waals surface area contributed by atoms with Crippen LogP contribution in [0.25, 0.3) is 55.1 Å². The Labute approximate surface area is 322 Å². The minimum Gasteiger partial charge on any atom is -0.340 e. The highest BCUT2D eigenvalue weighted by Crippen LogP contribution is 2.36. The molecule has 0 spiro atoms. The second-order valence-corrected chi connectivity index (χ2v) is 14.3. The second kappa shape index (κ2) is 14.0. The molecule has 0 unspecified atom stereocenters. The minimum absolute atomic E-state index is 0.0531. The average molecular weight is 746 g/mol. The molecule has 5 heterocycles. The third-order valence-electron chi connectivity index (χ3n) is 10.5. The van der Waals surface area contributed by atoms with Crippen molar-refractivity contribution in [3.63, 3.8) is 0 Å². The van der Waals surface area contributed by atoms with E-state index in [-0.39, 0.29) is 48.6 Å². The fourth-order valence-electron chi connectivity index (χ4n) is 7.48. The molecule has 1 saturated heterocycles. The van der Waals surface area contributed by atoms with Crippen molar-refractivity contribution in [1.82, 2.24) is 39.5 Å². The highest BCUT2D eigenvalue weighted by molar-refractivity contribution is 6.09. The van der Waals surface area contributed by atoms with Gasteiger partial charge in [0.05, 0.1) is 28.8 Å². The molecule has 0 atom stereocenters. The van der Waals surface area contributed by atoms with Gasteiger partial charge in [0.25, 0.3) is 5.91 Å². The normalized spacial score (nSPS) is 13.1. The number of nitrogens with zero attached hydrogens (tertiary/aromatic N) is 7. The van der Waals surface area contributed by atoms with Crippen molar-refractivity contribution in [3.8, 4) is 34.2 Å². The van der Waals surface area contributed by atoms with Gasteiger partial charge < -0.3 is 5.32 Å². The van der Waals surface area contributed by atoms with Crippen LogP contribution in [-0.4, -0.2) is 59.8 Å². The van der Waals surface area contributed by atoms with Gasteiger partial charge in [-0.2, -0.15) is 5.10 Å². The number of pyridine rings is 2. The third kappa shape index (κ3) is 6.14. The van der Waals surface area contributed by atoms with Gasteiger partial charge in [0.2, 0.25) is 5.91 Å². The molecule has 280 valence electrons. The first kappa shape index (κ1) is 35.9. The zero-order valence-corrected chi connectivity index (χ0v) is 31.9. The molecular formula is C43H39N9O4. The molecule has 1 aliphatic rings. The number of nitrogens with one attached hydrogen (secondary N) is 2. The lowest BCUT2D eigenvalue weighted by Crippen LogP contribution is -2.49. The number of fused-ring (bicyclic) bond motifs is 3. The lowest BCUT2D eigenvalue weighted by Gasteiger charge is -2.25. The highest BCUT2D eigenvalue weighted by atomic mass is 16.2. The molecule has 7 aromatic rings. The van der Waals surface area contributed by atoms with Crippen molar-refractivity contribution >= 4 is 56.4 Å². The second-order valence-electron chi connectivity index (χ2n) is 14.3. The Morgan fingerprint density at radius 1 is 0.929 bits per heavy atom. The molecule has 4 aromatic heterocycles. The van der Waals surface area contributed by atoms with Gasteiger partial charge in [-0.3, -0.25) is 43.6 Å². The summed E-state index contributed by atoms with van der Waals surface area (Å²) in [6.45, 7) is 6.52. The molecule has 0 bridgehead atoms. The molecule has 0 aliphatic carbocycles. The van der Waals surface area contributed by atoms with Gasteiger partial charge in [0.15, 0.2) is 5.82 Å².